The zero-order valence-corrected chi connectivity index (χ0v) is 16.0. The summed E-state index contributed by atoms with van der Waals surface area (Å²) in [5, 5.41) is 17.7. The molecule has 0 unspecified atom stereocenters. The Bertz CT molecular complexity index is 1320. The van der Waals surface area contributed by atoms with Gasteiger partial charge in [0.2, 0.25) is 5.78 Å². The quantitative estimate of drug-likeness (QED) is 0.315. The second kappa shape index (κ2) is 6.95. The molecule has 0 aliphatic rings. The van der Waals surface area contributed by atoms with Gasteiger partial charge in [-0.1, -0.05) is 17.7 Å². The third-order valence-electron chi connectivity index (χ3n) is 4.51. The highest BCUT2D eigenvalue weighted by Crippen LogP contribution is 2.29. The number of non-ortho nitro benzene ring substituents is 1. The average molecular weight is 406 g/mol. The number of ketones is 1. The maximum absolute atomic E-state index is 13.1. The van der Waals surface area contributed by atoms with E-state index in [1.165, 1.54) is 24.3 Å². The van der Waals surface area contributed by atoms with E-state index in [1.807, 2.05) is 19.1 Å². The second-order valence-corrected chi connectivity index (χ2v) is 7.33. The van der Waals surface area contributed by atoms with Crippen molar-refractivity contribution in [2.45, 2.75) is 6.92 Å². The Morgan fingerprint density at radius 2 is 1.79 bits per heavy atom. The van der Waals surface area contributed by atoms with Crippen LogP contribution >= 0.6 is 11.3 Å². The van der Waals surface area contributed by atoms with Crippen LogP contribution in [-0.2, 0) is 0 Å². The molecule has 0 aliphatic carbocycles. The van der Waals surface area contributed by atoms with E-state index in [2.05, 4.69) is 5.10 Å². The molecule has 2 heterocycles. The molecule has 0 radical (unpaired) electrons. The van der Waals surface area contributed by atoms with Crippen molar-refractivity contribution >= 4 is 38.6 Å². The molecule has 0 aliphatic heterocycles. The van der Waals surface area contributed by atoms with E-state index in [9.17, 15) is 19.7 Å². The monoisotopic (exact) mass is 406 g/mol. The van der Waals surface area contributed by atoms with Gasteiger partial charge in [0.15, 0.2) is 0 Å². The van der Waals surface area contributed by atoms with Gasteiger partial charge in [0, 0.05) is 28.5 Å². The van der Waals surface area contributed by atoms with E-state index in [0.29, 0.717) is 16.1 Å². The molecule has 2 aromatic carbocycles. The van der Waals surface area contributed by atoms with E-state index >= 15 is 0 Å². The van der Waals surface area contributed by atoms with Crippen LogP contribution in [-0.4, -0.2) is 20.5 Å². The number of benzene rings is 2. The number of nitrogens with two attached hydrogens (primary N) is 1. The summed E-state index contributed by atoms with van der Waals surface area (Å²) in [6, 6.07) is 12.4. The Hall–Kier alpha value is -3.85. The minimum Gasteiger partial charge on any atom is -0.390 e. The lowest BCUT2D eigenvalue weighted by Gasteiger charge is -2.09. The van der Waals surface area contributed by atoms with Crippen LogP contribution in [0.3, 0.4) is 0 Å². The fraction of sp³-hybridized carbons (Fsp3) is 0.0500. The van der Waals surface area contributed by atoms with Crippen LogP contribution in [0.1, 0.15) is 21.6 Å². The topological polar surface area (TPSA) is 121 Å². The van der Waals surface area contributed by atoms with Gasteiger partial charge >= 0.3 is 0 Å². The van der Waals surface area contributed by atoms with Crippen molar-refractivity contribution in [2.75, 3.05) is 5.73 Å². The summed E-state index contributed by atoms with van der Waals surface area (Å²) in [6.07, 6.45) is 0. The lowest BCUT2D eigenvalue weighted by atomic mass is 10.0. The molecule has 0 fully saturated rings. The van der Waals surface area contributed by atoms with Crippen molar-refractivity contribution in [3.63, 3.8) is 0 Å². The number of fused-ring (bicyclic) bond motifs is 1. The number of thiophene rings is 1. The second-order valence-electron chi connectivity index (χ2n) is 6.42. The number of hydrogen-bond acceptors (Lipinski definition) is 7. The first-order chi connectivity index (χ1) is 13.9. The van der Waals surface area contributed by atoms with Crippen molar-refractivity contribution < 1.29 is 9.72 Å². The van der Waals surface area contributed by atoms with Crippen LogP contribution < -0.4 is 11.3 Å². The van der Waals surface area contributed by atoms with Gasteiger partial charge in [0.1, 0.15) is 5.69 Å². The standard InChI is InChI=1S/C20H14N4O4S/c1-11-2-6-13(7-3-11)23-20(26)16-15(10-29-19(16)21)17(22-23)18(25)12-4-8-14(9-5-12)24(27)28/h2-10H,21H2,1H3. The maximum Gasteiger partial charge on any atom is 0.282 e. The molecular formula is C20H14N4O4S. The first-order valence-corrected chi connectivity index (χ1v) is 9.41. The van der Waals surface area contributed by atoms with Crippen LogP contribution in [0.15, 0.2) is 58.7 Å². The molecule has 8 nitrogen and oxygen atoms in total. The molecule has 9 heteroatoms. The summed E-state index contributed by atoms with van der Waals surface area (Å²) in [5.41, 5.74) is 7.27. The predicted octanol–water partition coefficient (Wildman–Crippen LogP) is 3.48. The highest BCUT2D eigenvalue weighted by molar-refractivity contribution is 7.15. The molecule has 0 saturated carbocycles. The van der Waals surface area contributed by atoms with Gasteiger partial charge < -0.3 is 5.73 Å². The van der Waals surface area contributed by atoms with Gasteiger partial charge in [-0.3, -0.25) is 19.7 Å². The lowest BCUT2D eigenvalue weighted by Crippen LogP contribution is -2.24. The largest absolute Gasteiger partial charge is 0.390 e. The molecule has 0 spiro atoms. The third-order valence-corrected chi connectivity index (χ3v) is 5.33. The van der Waals surface area contributed by atoms with Gasteiger partial charge in [-0.05, 0) is 31.2 Å². The molecule has 0 saturated heterocycles. The number of rotatable bonds is 4. The number of carbonyl (C=O) groups is 1. The summed E-state index contributed by atoms with van der Waals surface area (Å²) < 4.78 is 1.16. The van der Waals surface area contributed by atoms with E-state index in [-0.39, 0.29) is 22.3 Å². The highest BCUT2D eigenvalue weighted by atomic mass is 32.1. The van der Waals surface area contributed by atoms with Crippen molar-refractivity contribution in [1.82, 2.24) is 9.78 Å². The lowest BCUT2D eigenvalue weighted by molar-refractivity contribution is -0.384. The van der Waals surface area contributed by atoms with Crippen LogP contribution in [0.5, 0.6) is 0 Å². The fourth-order valence-corrected chi connectivity index (χ4v) is 3.76. The number of nitro benzene ring substituents is 1. The van der Waals surface area contributed by atoms with Crippen LogP contribution in [0.25, 0.3) is 16.5 Å². The Labute approximate surface area is 168 Å². The molecule has 4 aromatic rings. The number of hydrogen-bond donors (Lipinski definition) is 1. The Morgan fingerprint density at radius 1 is 1.14 bits per heavy atom. The molecule has 0 atom stereocenters. The molecule has 2 aromatic heterocycles. The summed E-state index contributed by atoms with van der Waals surface area (Å²) >= 11 is 1.15. The number of carbonyl (C=O) groups excluding carboxylic acids is 1. The SMILES string of the molecule is Cc1ccc(-n2nc(C(=O)c3ccc([N+](=O)[O-])cc3)c3csc(N)c3c2=O)cc1. The number of aromatic nitrogens is 2. The van der Waals surface area contributed by atoms with Crippen molar-refractivity contribution in [2.24, 2.45) is 0 Å². The predicted molar refractivity (Wildman–Crippen MR) is 111 cm³/mol. The summed E-state index contributed by atoms with van der Waals surface area (Å²) in [6.45, 7) is 1.92. The van der Waals surface area contributed by atoms with Gasteiger partial charge in [-0.2, -0.15) is 9.78 Å². The summed E-state index contributed by atoms with van der Waals surface area (Å²) in [5.74, 6) is -0.455. The summed E-state index contributed by atoms with van der Waals surface area (Å²) in [7, 11) is 0. The first-order valence-electron chi connectivity index (χ1n) is 8.53. The molecule has 29 heavy (non-hydrogen) atoms. The van der Waals surface area contributed by atoms with Crippen molar-refractivity contribution in [3.8, 4) is 5.69 Å². The van der Waals surface area contributed by atoms with E-state index in [1.54, 1.807) is 17.5 Å². The van der Waals surface area contributed by atoms with Crippen molar-refractivity contribution in [3.05, 3.63) is 91.2 Å². The van der Waals surface area contributed by atoms with Crippen LogP contribution in [0.2, 0.25) is 0 Å². The third kappa shape index (κ3) is 3.17. The van der Waals surface area contributed by atoms with E-state index < -0.39 is 16.3 Å². The van der Waals surface area contributed by atoms with Gasteiger partial charge in [0.05, 0.1) is 21.0 Å². The Balaban J connectivity index is 1.93. The average Bonchev–Trinajstić information content (AvgIpc) is 3.11. The smallest absolute Gasteiger partial charge is 0.282 e. The van der Waals surface area contributed by atoms with Gasteiger partial charge in [-0.15, -0.1) is 11.3 Å². The minimum atomic E-state index is -0.540. The summed E-state index contributed by atoms with van der Waals surface area (Å²) in [4.78, 5) is 36.4. The molecule has 0 bridgehead atoms. The molecule has 144 valence electrons. The first kappa shape index (κ1) is 18.5. The number of nitro groups is 1. The number of aryl methyl sites for hydroxylation is 1. The normalized spacial score (nSPS) is 10.9. The van der Waals surface area contributed by atoms with Crippen LogP contribution in [0, 0.1) is 17.0 Å². The molecule has 2 N–H and O–H groups in total. The van der Waals surface area contributed by atoms with E-state index in [4.69, 9.17) is 5.73 Å². The van der Waals surface area contributed by atoms with Gasteiger partial charge in [-0.25, -0.2) is 0 Å². The zero-order chi connectivity index (χ0) is 20.7. The number of nitrogen functional groups attached to an aromatic ring is 1. The van der Waals surface area contributed by atoms with Gasteiger partial charge in [0.25, 0.3) is 11.2 Å². The molecule has 0 amide bonds. The number of nitrogens with zero attached hydrogens (tertiary/aromatic N) is 3. The Morgan fingerprint density at radius 3 is 2.41 bits per heavy atom. The zero-order valence-electron chi connectivity index (χ0n) is 15.2. The molecule has 4 rings (SSSR count). The van der Waals surface area contributed by atoms with Crippen molar-refractivity contribution in [1.29, 1.82) is 0 Å². The maximum atomic E-state index is 13.1. The Kier molecular flexibility index (Phi) is 4.44. The van der Waals surface area contributed by atoms with E-state index in [0.717, 1.165) is 21.6 Å². The fourth-order valence-electron chi connectivity index (χ4n) is 2.97. The number of anilines is 1. The minimum absolute atomic E-state index is 0.0574. The van der Waals surface area contributed by atoms with Crippen LogP contribution in [0.4, 0.5) is 10.7 Å². The molecular weight excluding hydrogens is 392 g/mol. The highest BCUT2D eigenvalue weighted by Gasteiger charge is 2.22.